The van der Waals surface area contributed by atoms with E-state index in [4.69, 9.17) is 0 Å². The summed E-state index contributed by atoms with van der Waals surface area (Å²) < 4.78 is 1.87. The zero-order chi connectivity index (χ0) is 8.27. The molecule has 2 nitrogen and oxygen atoms in total. The van der Waals surface area contributed by atoms with Crippen molar-refractivity contribution in [2.75, 3.05) is 0 Å². The highest BCUT2D eigenvalue weighted by Crippen LogP contribution is 2.39. The number of rotatable bonds is 1. The second-order valence-corrected chi connectivity index (χ2v) is 2.72. The zero-order valence-corrected chi connectivity index (χ0v) is 7.54. The Morgan fingerprint density at radius 2 is 2.09 bits per heavy atom. The molecule has 0 atom stereocenters. The van der Waals surface area contributed by atoms with Gasteiger partial charge in [-0.25, -0.2) is 0 Å². The summed E-state index contributed by atoms with van der Waals surface area (Å²) in [5, 5.41) is 4.09. The standard InChI is InChI=1S/C7H10N2.C2H6/c1-9-5-7(4-8-9)6-2-3-6;1-2/h4-6H,2-3H2,1H3;1-2H3. The van der Waals surface area contributed by atoms with Gasteiger partial charge in [0, 0.05) is 13.2 Å². The van der Waals surface area contributed by atoms with E-state index in [1.165, 1.54) is 18.4 Å². The lowest BCUT2D eigenvalue weighted by Crippen LogP contribution is -1.84. The van der Waals surface area contributed by atoms with Crippen LogP contribution in [0, 0.1) is 0 Å². The number of aryl methyl sites for hydroxylation is 1. The third-order valence-corrected chi connectivity index (χ3v) is 1.77. The summed E-state index contributed by atoms with van der Waals surface area (Å²) in [5.41, 5.74) is 1.41. The van der Waals surface area contributed by atoms with E-state index < -0.39 is 0 Å². The minimum atomic E-state index is 0.846. The Morgan fingerprint density at radius 3 is 2.45 bits per heavy atom. The molecule has 1 aromatic heterocycles. The third-order valence-electron chi connectivity index (χ3n) is 1.77. The second-order valence-electron chi connectivity index (χ2n) is 2.72. The van der Waals surface area contributed by atoms with Gasteiger partial charge >= 0.3 is 0 Å². The smallest absolute Gasteiger partial charge is 0.0524 e. The van der Waals surface area contributed by atoms with E-state index in [0.29, 0.717) is 0 Å². The van der Waals surface area contributed by atoms with E-state index in [9.17, 15) is 0 Å². The maximum absolute atomic E-state index is 4.09. The number of hydrogen-bond donors (Lipinski definition) is 0. The Bertz CT molecular complexity index is 211. The summed E-state index contributed by atoms with van der Waals surface area (Å²) in [6.07, 6.45) is 6.81. The monoisotopic (exact) mass is 152 g/mol. The average molecular weight is 152 g/mol. The fraction of sp³-hybridized carbons (Fsp3) is 0.667. The number of aromatic nitrogens is 2. The van der Waals surface area contributed by atoms with Gasteiger partial charge in [-0.3, -0.25) is 4.68 Å². The molecular formula is C9H16N2. The molecule has 1 aromatic rings. The van der Waals surface area contributed by atoms with Crippen molar-refractivity contribution in [2.45, 2.75) is 32.6 Å². The van der Waals surface area contributed by atoms with E-state index in [0.717, 1.165) is 5.92 Å². The molecule has 1 aliphatic carbocycles. The molecule has 0 aromatic carbocycles. The van der Waals surface area contributed by atoms with Gasteiger partial charge < -0.3 is 0 Å². The molecule has 0 radical (unpaired) electrons. The second kappa shape index (κ2) is 3.56. The van der Waals surface area contributed by atoms with Crippen LogP contribution in [-0.4, -0.2) is 9.78 Å². The SMILES string of the molecule is CC.Cn1cc(C2CC2)cn1. The number of nitrogens with zero attached hydrogens (tertiary/aromatic N) is 2. The molecule has 0 bridgehead atoms. The molecule has 2 heteroatoms. The van der Waals surface area contributed by atoms with Crippen molar-refractivity contribution in [3.8, 4) is 0 Å². The topological polar surface area (TPSA) is 17.8 Å². The van der Waals surface area contributed by atoms with Gasteiger partial charge in [0.15, 0.2) is 0 Å². The van der Waals surface area contributed by atoms with Crippen LogP contribution in [0.15, 0.2) is 12.4 Å². The maximum Gasteiger partial charge on any atom is 0.0524 e. The predicted octanol–water partition coefficient (Wildman–Crippen LogP) is 2.32. The Morgan fingerprint density at radius 1 is 1.45 bits per heavy atom. The summed E-state index contributed by atoms with van der Waals surface area (Å²) in [5.74, 6) is 0.846. The van der Waals surface area contributed by atoms with Gasteiger partial charge in [0.2, 0.25) is 0 Å². The molecule has 0 aliphatic heterocycles. The van der Waals surface area contributed by atoms with Crippen molar-refractivity contribution in [3.05, 3.63) is 18.0 Å². The first kappa shape index (κ1) is 8.31. The molecular weight excluding hydrogens is 136 g/mol. The van der Waals surface area contributed by atoms with Crippen molar-refractivity contribution in [3.63, 3.8) is 0 Å². The number of hydrogen-bond acceptors (Lipinski definition) is 1. The Kier molecular flexibility index (Phi) is 2.69. The Labute approximate surface area is 68.2 Å². The van der Waals surface area contributed by atoms with Crippen LogP contribution in [0.4, 0.5) is 0 Å². The van der Waals surface area contributed by atoms with Crippen molar-refractivity contribution in [1.29, 1.82) is 0 Å². The molecule has 1 aliphatic rings. The quantitative estimate of drug-likeness (QED) is 0.604. The van der Waals surface area contributed by atoms with Gasteiger partial charge in [0.05, 0.1) is 6.20 Å². The van der Waals surface area contributed by atoms with Crippen molar-refractivity contribution < 1.29 is 0 Å². The van der Waals surface area contributed by atoms with Gasteiger partial charge in [-0.1, -0.05) is 13.8 Å². The van der Waals surface area contributed by atoms with Gasteiger partial charge in [-0.2, -0.15) is 5.10 Å². The summed E-state index contributed by atoms with van der Waals surface area (Å²) in [6.45, 7) is 4.00. The highest BCUT2D eigenvalue weighted by molar-refractivity contribution is 5.16. The Balaban J connectivity index is 0.000000281. The van der Waals surface area contributed by atoms with Crippen LogP contribution >= 0.6 is 0 Å². The minimum Gasteiger partial charge on any atom is -0.276 e. The van der Waals surface area contributed by atoms with Crippen LogP contribution in [0.2, 0.25) is 0 Å². The van der Waals surface area contributed by atoms with Gasteiger partial charge in [0.1, 0.15) is 0 Å². The predicted molar refractivity (Wildman–Crippen MR) is 46.5 cm³/mol. The van der Waals surface area contributed by atoms with Crippen LogP contribution in [0.5, 0.6) is 0 Å². The minimum absolute atomic E-state index is 0.846. The van der Waals surface area contributed by atoms with E-state index in [-0.39, 0.29) is 0 Å². The third kappa shape index (κ3) is 2.07. The van der Waals surface area contributed by atoms with E-state index in [2.05, 4.69) is 11.3 Å². The summed E-state index contributed by atoms with van der Waals surface area (Å²) in [4.78, 5) is 0. The van der Waals surface area contributed by atoms with Crippen molar-refractivity contribution in [1.82, 2.24) is 9.78 Å². The van der Waals surface area contributed by atoms with Crippen LogP contribution < -0.4 is 0 Å². The zero-order valence-electron chi connectivity index (χ0n) is 7.54. The van der Waals surface area contributed by atoms with Crippen LogP contribution in [0.1, 0.15) is 38.2 Å². The molecule has 62 valence electrons. The normalized spacial score (nSPS) is 15.5. The Hall–Kier alpha value is -0.790. The highest BCUT2D eigenvalue weighted by atomic mass is 15.2. The van der Waals surface area contributed by atoms with Crippen molar-refractivity contribution in [2.24, 2.45) is 7.05 Å². The molecule has 0 N–H and O–H groups in total. The van der Waals surface area contributed by atoms with Crippen LogP contribution in [0.3, 0.4) is 0 Å². The fourth-order valence-electron chi connectivity index (χ4n) is 1.07. The van der Waals surface area contributed by atoms with E-state index in [1.807, 2.05) is 31.8 Å². The summed E-state index contributed by atoms with van der Waals surface area (Å²) in [6, 6.07) is 0. The molecule has 0 spiro atoms. The fourth-order valence-corrected chi connectivity index (χ4v) is 1.07. The molecule has 11 heavy (non-hydrogen) atoms. The summed E-state index contributed by atoms with van der Waals surface area (Å²) >= 11 is 0. The largest absolute Gasteiger partial charge is 0.276 e. The van der Waals surface area contributed by atoms with Crippen molar-refractivity contribution >= 4 is 0 Å². The molecule has 0 saturated heterocycles. The molecule has 0 amide bonds. The maximum atomic E-state index is 4.09. The lowest BCUT2D eigenvalue weighted by Gasteiger charge is -1.84. The lowest BCUT2D eigenvalue weighted by molar-refractivity contribution is 0.767. The van der Waals surface area contributed by atoms with Crippen LogP contribution in [-0.2, 0) is 7.05 Å². The van der Waals surface area contributed by atoms with E-state index >= 15 is 0 Å². The molecule has 1 heterocycles. The first-order valence-electron chi connectivity index (χ1n) is 4.35. The first-order chi connectivity index (χ1) is 5.36. The van der Waals surface area contributed by atoms with E-state index in [1.54, 1.807) is 0 Å². The highest BCUT2D eigenvalue weighted by Gasteiger charge is 2.24. The average Bonchev–Trinajstić information content (AvgIpc) is 2.80. The van der Waals surface area contributed by atoms with Crippen LogP contribution in [0.25, 0.3) is 0 Å². The summed E-state index contributed by atoms with van der Waals surface area (Å²) in [7, 11) is 1.96. The lowest BCUT2D eigenvalue weighted by atomic mass is 10.2. The molecule has 1 saturated carbocycles. The first-order valence-corrected chi connectivity index (χ1v) is 4.35. The van der Waals surface area contributed by atoms with Gasteiger partial charge in [-0.05, 0) is 24.3 Å². The molecule has 0 unspecified atom stereocenters. The van der Waals surface area contributed by atoms with Gasteiger partial charge in [-0.15, -0.1) is 0 Å². The van der Waals surface area contributed by atoms with Gasteiger partial charge in [0.25, 0.3) is 0 Å². The molecule has 1 fully saturated rings. The molecule has 2 rings (SSSR count).